The van der Waals surface area contributed by atoms with Gasteiger partial charge >= 0.3 is 11.4 Å². The molecule has 1 atom stereocenters. The molecular formula is C10H7ClO3S. The van der Waals surface area contributed by atoms with Crippen LogP contribution in [0.4, 0.5) is 0 Å². The van der Waals surface area contributed by atoms with Crippen molar-refractivity contribution in [3.8, 4) is 5.75 Å². The number of rotatable bonds is 2. The number of fused-ring (bicyclic) bond motifs is 1. The number of hydrogen-bond acceptors (Lipinski definition) is 2. The lowest BCUT2D eigenvalue weighted by Crippen LogP contribution is -1.97. The summed E-state index contributed by atoms with van der Waals surface area (Å²) in [5, 5.41) is 2.24. The molecule has 0 aliphatic heterocycles. The van der Waals surface area contributed by atoms with Crippen molar-refractivity contribution >= 4 is 33.7 Å². The molecule has 0 saturated carbocycles. The van der Waals surface area contributed by atoms with E-state index in [0.29, 0.717) is 10.8 Å². The molecule has 0 aliphatic carbocycles. The summed E-state index contributed by atoms with van der Waals surface area (Å²) in [7, 11) is 0. The van der Waals surface area contributed by atoms with Crippen LogP contribution in [0.1, 0.15) is 0 Å². The third-order valence-electron chi connectivity index (χ3n) is 1.96. The van der Waals surface area contributed by atoms with E-state index in [1.165, 1.54) is 0 Å². The highest BCUT2D eigenvalue weighted by molar-refractivity contribution is 7.74. The maximum absolute atomic E-state index is 10.5. The predicted molar refractivity (Wildman–Crippen MR) is 60.4 cm³/mol. The van der Waals surface area contributed by atoms with Crippen molar-refractivity contribution in [2.75, 3.05) is 0 Å². The van der Waals surface area contributed by atoms with Gasteiger partial charge in [-0.1, -0.05) is 23.7 Å². The predicted octanol–water partition coefficient (Wildman–Crippen LogP) is 3.01. The molecule has 0 spiro atoms. The molecule has 5 heteroatoms. The molecule has 0 amide bonds. The monoisotopic (exact) mass is 242 g/mol. The lowest BCUT2D eigenvalue weighted by Gasteiger charge is -2.04. The highest BCUT2D eigenvalue weighted by Gasteiger charge is 2.04. The van der Waals surface area contributed by atoms with Crippen LogP contribution in [0.2, 0.25) is 5.02 Å². The molecule has 0 saturated heterocycles. The number of hydrogen-bond donors (Lipinski definition) is 1. The van der Waals surface area contributed by atoms with Gasteiger partial charge in [-0.25, -0.2) is 0 Å². The SMILES string of the molecule is O=S(O)Oc1cccc2cc(Cl)ccc12. The van der Waals surface area contributed by atoms with E-state index in [-0.39, 0.29) is 0 Å². The van der Waals surface area contributed by atoms with E-state index in [1.54, 1.807) is 30.3 Å². The molecule has 0 heterocycles. The summed E-state index contributed by atoms with van der Waals surface area (Å²) < 4.78 is 23.9. The fraction of sp³-hybridized carbons (Fsp3) is 0. The van der Waals surface area contributed by atoms with Crippen LogP contribution >= 0.6 is 11.6 Å². The lowest BCUT2D eigenvalue weighted by molar-refractivity contribution is 0.460. The van der Waals surface area contributed by atoms with E-state index in [0.717, 1.165) is 10.8 Å². The molecule has 1 unspecified atom stereocenters. The Morgan fingerprint density at radius 2 is 2.07 bits per heavy atom. The van der Waals surface area contributed by atoms with E-state index in [4.69, 9.17) is 20.3 Å². The Hall–Kier alpha value is -1.10. The summed E-state index contributed by atoms with van der Waals surface area (Å²) in [6.45, 7) is 0. The molecule has 2 aromatic carbocycles. The maximum atomic E-state index is 10.5. The Kier molecular flexibility index (Phi) is 2.90. The van der Waals surface area contributed by atoms with Crippen LogP contribution in [0.5, 0.6) is 5.75 Å². The molecule has 1 N–H and O–H groups in total. The zero-order chi connectivity index (χ0) is 10.8. The van der Waals surface area contributed by atoms with Crippen LogP contribution in [-0.2, 0) is 11.4 Å². The Labute approximate surface area is 94.1 Å². The fourth-order valence-electron chi connectivity index (χ4n) is 1.37. The maximum Gasteiger partial charge on any atom is 0.357 e. The molecule has 0 aromatic heterocycles. The van der Waals surface area contributed by atoms with Gasteiger partial charge in [-0.15, -0.1) is 0 Å². The Balaban J connectivity index is 2.60. The van der Waals surface area contributed by atoms with Crippen molar-refractivity contribution in [3.05, 3.63) is 41.4 Å². The third kappa shape index (κ3) is 2.28. The first-order valence-corrected chi connectivity index (χ1v) is 5.55. The summed E-state index contributed by atoms with van der Waals surface area (Å²) in [6, 6.07) is 10.4. The quantitative estimate of drug-likeness (QED) is 0.824. The first-order chi connectivity index (χ1) is 7.16. The molecule has 78 valence electrons. The van der Waals surface area contributed by atoms with Crippen LogP contribution in [0.3, 0.4) is 0 Å². The van der Waals surface area contributed by atoms with Gasteiger partial charge in [-0.2, -0.15) is 4.21 Å². The molecule has 0 bridgehead atoms. The van der Waals surface area contributed by atoms with Crippen molar-refractivity contribution in [2.24, 2.45) is 0 Å². The second-order valence-electron chi connectivity index (χ2n) is 2.92. The minimum absolute atomic E-state index is 0.366. The van der Waals surface area contributed by atoms with Gasteiger partial charge in [-0.3, -0.25) is 4.55 Å². The molecule has 3 nitrogen and oxygen atoms in total. The van der Waals surface area contributed by atoms with Crippen LogP contribution in [0.25, 0.3) is 10.8 Å². The minimum Gasteiger partial charge on any atom is -0.379 e. The van der Waals surface area contributed by atoms with Crippen molar-refractivity contribution < 1.29 is 12.9 Å². The van der Waals surface area contributed by atoms with Crippen molar-refractivity contribution in [1.29, 1.82) is 0 Å². The van der Waals surface area contributed by atoms with Crippen LogP contribution in [0, 0.1) is 0 Å². The average Bonchev–Trinajstić information content (AvgIpc) is 2.16. The number of benzene rings is 2. The zero-order valence-electron chi connectivity index (χ0n) is 7.51. The second-order valence-corrected chi connectivity index (χ2v) is 3.96. The second kappa shape index (κ2) is 4.18. The van der Waals surface area contributed by atoms with Gasteiger partial charge in [0.15, 0.2) is 0 Å². The van der Waals surface area contributed by atoms with Gasteiger partial charge < -0.3 is 4.18 Å². The fourth-order valence-corrected chi connectivity index (χ4v) is 1.85. The van der Waals surface area contributed by atoms with E-state index in [2.05, 4.69) is 0 Å². The summed E-state index contributed by atoms with van der Waals surface area (Å²) in [4.78, 5) is 0. The molecule has 2 rings (SSSR count). The van der Waals surface area contributed by atoms with Crippen LogP contribution < -0.4 is 4.18 Å². The first kappa shape index (κ1) is 10.4. The van der Waals surface area contributed by atoms with Gasteiger partial charge in [0.05, 0.1) is 0 Å². The van der Waals surface area contributed by atoms with E-state index >= 15 is 0 Å². The Morgan fingerprint density at radius 1 is 1.27 bits per heavy atom. The third-order valence-corrected chi connectivity index (χ3v) is 2.52. The van der Waals surface area contributed by atoms with Gasteiger partial charge in [0.25, 0.3) is 0 Å². The summed E-state index contributed by atoms with van der Waals surface area (Å²) >= 11 is 3.52. The Bertz CT molecular complexity index is 527. The van der Waals surface area contributed by atoms with E-state index < -0.39 is 11.4 Å². The summed E-state index contributed by atoms with van der Waals surface area (Å²) in [6.07, 6.45) is 0. The standard InChI is InChI=1S/C10H7ClO3S/c11-8-4-5-9-7(6-8)2-1-3-10(9)14-15(12)13/h1-6H,(H,12,13). The van der Waals surface area contributed by atoms with Crippen molar-refractivity contribution in [2.45, 2.75) is 0 Å². The van der Waals surface area contributed by atoms with Gasteiger partial charge in [0.2, 0.25) is 0 Å². The Morgan fingerprint density at radius 3 is 2.80 bits per heavy atom. The van der Waals surface area contributed by atoms with Crippen LogP contribution in [-0.4, -0.2) is 8.76 Å². The largest absolute Gasteiger partial charge is 0.379 e. The van der Waals surface area contributed by atoms with Crippen molar-refractivity contribution in [3.63, 3.8) is 0 Å². The van der Waals surface area contributed by atoms with Gasteiger partial charge in [0, 0.05) is 10.4 Å². The van der Waals surface area contributed by atoms with E-state index in [9.17, 15) is 4.21 Å². The zero-order valence-corrected chi connectivity index (χ0v) is 9.09. The molecular weight excluding hydrogens is 236 g/mol. The first-order valence-electron chi connectivity index (χ1n) is 4.14. The minimum atomic E-state index is -2.31. The molecule has 15 heavy (non-hydrogen) atoms. The van der Waals surface area contributed by atoms with Gasteiger partial charge in [0.1, 0.15) is 5.75 Å². The molecule has 0 fully saturated rings. The normalized spacial score (nSPS) is 12.7. The summed E-state index contributed by atoms with van der Waals surface area (Å²) in [5.74, 6) is 0.366. The number of halogens is 1. The highest BCUT2D eigenvalue weighted by Crippen LogP contribution is 2.28. The lowest BCUT2D eigenvalue weighted by atomic mass is 10.1. The van der Waals surface area contributed by atoms with Crippen molar-refractivity contribution in [1.82, 2.24) is 0 Å². The molecule has 0 aliphatic rings. The highest BCUT2D eigenvalue weighted by atomic mass is 35.5. The molecule has 0 radical (unpaired) electrons. The smallest absolute Gasteiger partial charge is 0.357 e. The van der Waals surface area contributed by atoms with Gasteiger partial charge in [-0.05, 0) is 29.7 Å². The molecule has 2 aromatic rings. The average molecular weight is 243 g/mol. The van der Waals surface area contributed by atoms with E-state index in [1.807, 2.05) is 6.07 Å². The summed E-state index contributed by atoms with van der Waals surface area (Å²) in [5.41, 5.74) is 0. The van der Waals surface area contributed by atoms with Crippen LogP contribution in [0.15, 0.2) is 36.4 Å². The topological polar surface area (TPSA) is 46.5 Å².